The molecule has 1 unspecified atom stereocenters. The number of urea groups is 1. The number of nitrogens with two attached hydrogens (primary N) is 1. The maximum Gasteiger partial charge on any atom is 0.410 e. The van der Waals surface area contributed by atoms with Gasteiger partial charge < -0.3 is 34.9 Å². The number of aromatic nitrogens is 2. The molecule has 3 aromatic rings. The minimum absolute atomic E-state index is 0.0147. The Morgan fingerprint density at radius 1 is 1.12 bits per heavy atom. The van der Waals surface area contributed by atoms with Gasteiger partial charge in [-0.1, -0.05) is 30.3 Å². The zero-order valence-corrected chi connectivity index (χ0v) is 28.6. The molecule has 3 amide bonds. The van der Waals surface area contributed by atoms with Crippen LogP contribution in [0.25, 0.3) is 11.3 Å². The summed E-state index contributed by atoms with van der Waals surface area (Å²) in [6.07, 6.45) is 0.785. The summed E-state index contributed by atoms with van der Waals surface area (Å²) in [5.41, 5.74) is 6.26. The molecule has 3 heterocycles. The summed E-state index contributed by atoms with van der Waals surface area (Å²) in [4.78, 5) is 35.0. The van der Waals surface area contributed by atoms with Crippen LogP contribution < -0.4 is 11.1 Å². The number of imidazole rings is 1. The normalized spacial score (nSPS) is 19.8. The monoisotopic (exact) mass is 684 g/mol. The summed E-state index contributed by atoms with van der Waals surface area (Å²) in [6.45, 7) is 8.25. The molecule has 49 heavy (non-hydrogen) atoms. The number of likely N-dealkylation sites (tertiary alicyclic amines) is 1. The lowest BCUT2D eigenvalue weighted by molar-refractivity contribution is 0.0236. The van der Waals surface area contributed by atoms with Gasteiger partial charge in [0.2, 0.25) is 0 Å². The van der Waals surface area contributed by atoms with Crippen molar-refractivity contribution >= 4 is 12.1 Å². The molecule has 13 heteroatoms. The number of ether oxygens (including phenoxy) is 2. The lowest BCUT2D eigenvalue weighted by Gasteiger charge is -2.40. The van der Waals surface area contributed by atoms with Gasteiger partial charge in [0, 0.05) is 63.1 Å². The van der Waals surface area contributed by atoms with Crippen LogP contribution in [0.4, 0.5) is 22.8 Å². The van der Waals surface area contributed by atoms with Gasteiger partial charge in [0.1, 0.15) is 29.2 Å². The Morgan fingerprint density at radius 2 is 1.84 bits per heavy atom. The van der Waals surface area contributed by atoms with Crippen LogP contribution in [0.3, 0.4) is 0 Å². The molecular formula is C36H47F3N6O4. The first-order valence-electron chi connectivity index (χ1n) is 16.9. The predicted molar refractivity (Wildman–Crippen MR) is 179 cm³/mol. The van der Waals surface area contributed by atoms with Crippen LogP contribution in [0.2, 0.25) is 0 Å². The molecule has 266 valence electrons. The number of nitrogens with zero attached hydrogens (tertiary/aromatic N) is 4. The molecule has 10 nitrogen and oxygen atoms in total. The number of nitrogens with one attached hydrogen (secondary N) is 1. The summed E-state index contributed by atoms with van der Waals surface area (Å²) in [6, 6.07) is 11.2. The number of amides is 3. The molecule has 1 aromatic heterocycles. The first-order chi connectivity index (χ1) is 23.3. The van der Waals surface area contributed by atoms with E-state index in [2.05, 4.69) is 5.32 Å². The SMILES string of the molecule is CC(CN)NC(=O)N(C[C@@H]1CN(C(=O)OC(C)(C)C)C[C@@H]1F)[C@@H](c1nc(-c2cc(F)ccc2F)cn1Cc1ccccc1)C1CCOCC1. The summed E-state index contributed by atoms with van der Waals surface area (Å²) < 4.78 is 58.5. The van der Waals surface area contributed by atoms with E-state index in [1.807, 2.05) is 34.9 Å². The molecule has 3 N–H and O–H groups in total. The highest BCUT2D eigenvalue weighted by Crippen LogP contribution is 2.38. The highest BCUT2D eigenvalue weighted by Gasteiger charge is 2.43. The Morgan fingerprint density at radius 3 is 2.51 bits per heavy atom. The zero-order chi connectivity index (χ0) is 35.3. The van der Waals surface area contributed by atoms with Gasteiger partial charge in [-0.05, 0) is 70.2 Å². The fraction of sp³-hybridized carbons (Fsp3) is 0.528. The topological polar surface area (TPSA) is 115 Å². The molecule has 2 saturated heterocycles. The molecule has 2 aliphatic heterocycles. The minimum atomic E-state index is -1.42. The van der Waals surface area contributed by atoms with Crippen molar-refractivity contribution in [3.8, 4) is 11.3 Å². The second-order valence-electron chi connectivity index (χ2n) is 14.0. The predicted octanol–water partition coefficient (Wildman–Crippen LogP) is 5.91. The van der Waals surface area contributed by atoms with Crippen molar-refractivity contribution in [1.82, 2.24) is 24.7 Å². The van der Waals surface area contributed by atoms with E-state index in [4.69, 9.17) is 20.2 Å². The van der Waals surface area contributed by atoms with Crippen molar-refractivity contribution in [2.24, 2.45) is 17.6 Å². The maximum atomic E-state index is 15.8. The van der Waals surface area contributed by atoms with E-state index in [1.165, 1.54) is 4.90 Å². The summed E-state index contributed by atoms with van der Waals surface area (Å²) in [5.74, 6) is -1.71. The molecule has 0 saturated carbocycles. The van der Waals surface area contributed by atoms with Crippen molar-refractivity contribution in [3.05, 3.63) is 77.8 Å². The van der Waals surface area contributed by atoms with Crippen molar-refractivity contribution in [2.75, 3.05) is 39.4 Å². The van der Waals surface area contributed by atoms with Gasteiger partial charge in [0.05, 0.1) is 18.3 Å². The molecule has 0 bridgehead atoms. The number of hydrogen-bond acceptors (Lipinski definition) is 6. The summed E-state index contributed by atoms with van der Waals surface area (Å²) in [5, 5.41) is 2.95. The number of halogens is 3. The van der Waals surface area contributed by atoms with Crippen molar-refractivity contribution in [1.29, 1.82) is 0 Å². The van der Waals surface area contributed by atoms with E-state index in [0.717, 1.165) is 23.8 Å². The van der Waals surface area contributed by atoms with Gasteiger partial charge in [-0.3, -0.25) is 0 Å². The lowest BCUT2D eigenvalue weighted by atomic mass is 9.89. The third-order valence-corrected chi connectivity index (χ3v) is 8.95. The largest absolute Gasteiger partial charge is 0.444 e. The van der Waals surface area contributed by atoms with E-state index < -0.39 is 53.5 Å². The Bertz CT molecular complexity index is 1580. The van der Waals surface area contributed by atoms with Crippen LogP contribution in [0.1, 0.15) is 58.0 Å². The second-order valence-corrected chi connectivity index (χ2v) is 14.0. The smallest absolute Gasteiger partial charge is 0.410 e. The second kappa shape index (κ2) is 15.6. The Balaban J connectivity index is 1.60. The standard InChI is InChI=1S/C36H47F3N6O4/c1-23(17-40)41-34(46)45(20-26-19-44(21-30(26)39)35(47)49-36(2,3)4)32(25-12-14-48-15-13-25)33-42-31(28-16-27(37)10-11-29(28)38)22-43(33)18-24-8-6-5-7-9-24/h5-11,16,22-23,25-26,30,32H,12-15,17-21,40H2,1-4H3,(H,41,46)/t23?,26-,30-,32+/m0/s1. The van der Waals surface area contributed by atoms with Crippen LogP contribution in [-0.2, 0) is 16.0 Å². The van der Waals surface area contributed by atoms with E-state index >= 15 is 8.78 Å². The van der Waals surface area contributed by atoms with Crippen LogP contribution >= 0.6 is 0 Å². The van der Waals surface area contributed by atoms with Crippen LogP contribution in [0.5, 0.6) is 0 Å². The van der Waals surface area contributed by atoms with E-state index in [0.29, 0.717) is 38.4 Å². The van der Waals surface area contributed by atoms with Crippen molar-refractivity contribution in [2.45, 2.75) is 70.9 Å². The van der Waals surface area contributed by atoms with E-state index in [9.17, 15) is 14.0 Å². The average Bonchev–Trinajstić information content (AvgIpc) is 3.64. The molecule has 2 aromatic carbocycles. The molecule has 0 radical (unpaired) electrons. The van der Waals surface area contributed by atoms with Crippen LogP contribution in [0, 0.1) is 23.5 Å². The summed E-state index contributed by atoms with van der Waals surface area (Å²) in [7, 11) is 0. The van der Waals surface area contributed by atoms with Crippen molar-refractivity contribution in [3.63, 3.8) is 0 Å². The maximum absolute atomic E-state index is 15.8. The molecule has 0 spiro atoms. The fourth-order valence-electron chi connectivity index (χ4n) is 6.44. The molecule has 2 aliphatic rings. The Hall–Kier alpha value is -4.10. The van der Waals surface area contributed by atoms with Crippen LogP contribution in [-0.4, -0.2) is 88.7 Å². The number of benzene rings is 2. The Labute approximate surface area is 285 Å². The van der Waals surface area contributed by atoms with E-state index in [-0.39, 0.29) is 43.4 Å². The first-order valence-corrected chi connectivity index (χ1v) is 16.9. The number of alkyl halides is 1. The number of carbonyl (C=O) groups excluding carboxylic acids is 2. The van der Waals surface area contributed by atoms with Gasteiger partial charge in [-0.2, -0.15) is 0 Å². The minimum Gasteiger partial charge on any atom is -0.444 e. The van der Waals surface area contributed by atoms with Crippen molar-refractivity contribution < 1.29 is 32.2 Å². The third kappa shape index (κ3) is 9.13. The quantitative estimate of drug-likeness (QED) is 0.275. The van der Waals surface area contributed by atoms with E-state index in [1.54, 1.807) is 38.8 Å². The summed E-state index contributed by atoms with van der Waals surface area (Å²) >= 11 is 0. The molecule has 4 atom stereocenters. The lowest BCUT2D eigenvalue weighted by Crippen LogP contribution is -2.52. The van der Waals surface area contributed by atoms with Gasteiger partial charge in [0.25, 0.3) is 0 Å². The molecule has 5 rings (SSSR count). The number of rotatable bonds is 10. The van der Waals surface area contributed by atoms with Crippen LogP contribution in [0.15, 0.2) is 54.7 Å². The zero-order valence-electron chi connectivity index (χ0n) is 28.6. The van der Waals surface area contributed by atoms with Gasteiger partial charge in [-0.25, -0.2) is 27.7 Å². The third-order valence-electron chi connectivity index (χ3n) is 8.95. The molecule has 2 fully saturated rings. The Kier molecular flexibility index (Phi) is 11.5. The van der Waals surface area contributed by atoms with Gasteiger partial charge in [0.15, 0.2) is 0 Å². The van der Waals surface area contributed by atoms with Gasteiger partial charge in [-0.15, -0.1) is 0 Å². The highest BCUT2D eigenvalue weighted by atomic mass is 19.1. The van der Waals surface area contributed by atoms with Gasteiger partial charge >= 0.3 is 12.1 Å². The highest BCUT2D eigenvalue weighted by molar-refractivity contribution is 5.75. The average molecular weight is 685 g/mol. The first kappa shape index (κ1) is 36.2. The molecular weight excluding hydrogens is 637 g/mol. The molecule has 0 aliphatic carbocycles. The number of hydrogen-bond donors (Lipinski definition) is 2. The number of carbonyl (C=O) groups is 2. The fourth-order valence-corrected chi connectivity index (χ4v) is 6.44.